The molecule has 23 heavy (non-hydrogen) atoms. The highest BCUT2D eigenvalue weighted by Crippen LogP contribution is 2.40. The van der Waals surface area contributed by atoms with Crippen LogP contribution in [0.2, 0.25) is 0 Å². The van der Waals surface area contributed by atoms with E-state index >= 15 is 0 Å². The summed E-state index contributed by atoms with van der Waals surface area (Å²) in [6.45, 7) is 5.64. The van der Waals surface area contributed by atoms with Crippen molar-refractivity contribution in [1.29, 1.82) is 0 Å². The zero-order chi connectivity index (χ0) is 17.3. The Labute approximate surface area is 134 Å². The number of hydrogen-bond acceptors (Lipinski definition) is 2. The first kappa shape index (κ1) is 17.6. The summed E-state index contributed by atoms with van der Waals surface area (Å²) >= 11 is 0. The fourth-order valence-corrected chi connectivity index (χ4v) is 2.84. The fraction of sp³-hybridized carbons (Fsp3) is 0.588. The van der Waals surface area contributed by atoms with E-state index in [0.717, 1.165) is 18.9 Å². The summed E-state index contributed by atoms with van der Waals surface area (Å²) < 4.78 is 45.2. The van der Waals surface area contributed by atoms with Gasteiger partial charge in [0, 0.05) is 6.54 Å². The average molecular weight is 329 g/mol. The number of amides is 1. The molecule has 3 nitrogen and oxygen atoms in total. The Bertz CT molecular complexity index is 564. The molecule has 1 aromatic carbocycles. The monoisotopic (exact) mass is 329 g/mol. The number of likely N-dealkylation sites (tertiary alicyclic amines) is 1. The van der Waals surface area contributed by atoms with Crippen molar-refractivity contribution in [2.75, 3.05) is 6.54 Å². The van der Waals surface area contributed by atoms with E-state index in [1.807, 2.05) is 0 Å². The van der Waals surface area contributed by atoms with Crippen LogP contribution in [-0.4, -0.2) is 23.1 Å². The van der Waals surface area contributed by atoms with Gasteiger partial charge in [-0.05, 0) is 51.7 Å². The van der Waals surface area contributed by atoms with Crippen LogP contribution in [0.1, 0.15) is 57.2 Å². The molecule has 1 aliphatic heterocycles. The molecule has 1 heterocycles. The van der Waals surface area contributed by atoms with Crippen LogP contribution in [0.3, 0.4) is 0 Å². The van der Waals surface area contributed by atoms with E-state index in [0.29, 0.717) is 13.0 Å². The summed E-state index contributed by atoms with van der Waals surface area (Å²) in [5.74, 6) is 0. The first-order valence-corrected chi connectivity index (χ1v) is 7.75. The van der Waals surface area contributed by atoms with Crippen LogP contribution in [0.25, 0.3) is 0 Å². The lowest BCUT2D eigenvalue weighted by atomic mass is 9.92. The summed E-state index contributed by atoms with van der Waals surface area (Å²) in [5, 5.41) is 0. The topological polar surface area (TPSA) is 29.5 Å². The number of carbonyl (C=O) groups excluding carboxylic acids is 1. The van der Waals surface area contributed by atoms with Gasteiger partial charge in [0.1, 0.15) is 5.60 Å². The molecule has 0 spiro atoms. The molecule has 128 valence electrons. The summed E-state index contributed by atoms with van der Waals surface area (Å²) in [6.07, 6.45) is -2.93. The molecule has 1 atom stereocenters. The van der Waals surface area contributed by atoms with Crippen molar-refractivity contribution in [3.8, 4) is 0 Å². The van der Waals surface area contributed by atoms with Crippen LogP contribution in [0.5, 0.6) is 0 Å². The van der Waals surface area contributed by atoms with Gasteiger partial charge in [-0.15, -0.1) is 0 Å². The first-order chi connectivity index (χ1) is 10.6. The lowest BCUT2D eigenvalue weighted by Crippen LogP contribution is -2.42. The maximum Gasteiger partial charge on any atom is 0.416 e. The van der Waals surface area contributed by atoms with Gasteiger partial charge >= 0.3 is 12.3 Å². The lowest BCUT2D eigenvalue weighted by Gasteiger charge is -2.37. The molecular weight excluding hydrogens is 307 g/mol. The number of nitrogens with zero attached hydrogens (tertiary/aromatic N) is 1. The van der Waals surface area contributed by atoms with Crippen LogP contribution in [0.15, 0.2) is 24.3 Å². The number of alkyl halides is 3. The van der Waals surface area contributed by atoms with Crippen molar-refractivity contribution >= 4 is 6.09 Å². The predicted octanol–water partition coefficient (Wildman–Crippen LogP) is 5.17. The van der Waals surface area contributed by atoms with E-state index in [1.165, 1.54) is 17.0 Å². The highest BCUT2D eigenvalue weighted by molar-refractivity contribution is 5.69. The average Bonchev–Trinajstić information content (AvgIpc) is 2.44. The number of halogens is 3. The molecule has 2 rings (SSSR count). The van der Waals surface area contributed by atoms with E-state index < -0.39 is 29.5 Å². The minimum Gasteiger partial charge on any atom is -0.444 e. The zero-order valence-electron chi connectivity index (χ0n) is 13.6. The van der Waals surface area contributed by atoms with Gasteiger partial charge in [0.15, 0.2) is 0 Å². The molecule has 0 N–H and O–H groups in total. The molecular formula is C17H22F3NO2. The minimum absolute atomic E-state index is 0.144. The van der Waals surface area contributed by atoms with Gasteiger partial charge in [0.25, 0.3) is 0 Å². The van der Waals surface area contributed by atoms with Gasteiger partial charge in [-0.25, -0.2) is 4.79 Å². The largest absolute Gasteiger partial charge is 0.444 e. The molecule has 0 radical (unpaired) electrons. The van der Waals surface area contributed by atoms with E-state index in [-0.39, 0.29) is 5.56 Å². The predicted molar refractivity (Wildman–Crippen MR) is 81.0 cm³/mol. The van der Waals surface area contributed by atoms with Crippen molar-refractivity contribution in [2.45, 2.75) is 57.9 Å². The number of rotatable bonds is 1. The van der Waals surface area contributed by atoms with Crippen LogP contribution >= 0.6 is 0 Å². The number of piperidine rings is 1. The molecule has 6 heteroatoms. The van der Waals surface area contributed by atoms with E-state index in [4.69, 9.17) is 4.74 Å². The van der Waals surface area contributed by atoms with Crippen molar-refractivity contribution in [2.24, 2.45) is 0 Å². The van der Waals surface area contributed by atoms with Gasteiger partial charge in [-0.3, -0.25) is 0 Å². The minimum atomic E-state index is -4.44. The number of benzene rings is 1. The Morgan fingerprint density at radius 2 is 1.83 bits per heavy atom. The maximum absolute atomic E-state index is 13.3. The summed E-state index contributed by atoms with van der Waals surface area (Å²) in [7, 11) is 0. The molecule has 1 aromatic rings. The Kier molecular flexibility index (Phi) is 4.92. The van der Waals surface area contributed by atoms with Gasteiger partial charge < -0.3 is 9.64 Å². The molecule has 0 bridgehead atoms. The summed E-state index contributed by atoms with van der Waals surface area (Å²) in [5.41, 5.74) is -1.21. The first-order valence-electron chi connectivity index (χ1n) is 7.75. The van der Waals surface area contributed by atoms with Crippen molar-refractivity contribution in [1.82, 2.24) is 4.90 Å². The second-order valence-corrected chi connectivity index (χ2v) is 6.77. The van der Waals surface area contributed by atoms with Crippen LogP contribution in [0.4, 0.5) is 18.0 Å². The van der Waals surface area contributed by atoms with Gasteiger partial charge in [-0.1, -0.05) is 18.2 Å². The second-order valence-electron chi connectivity index (χ2n) is 6.77. The van der Waals surface area contributed by atoms with Crippen LogP contribution in [0, 0.1) is 0 Å². The molecule has 1 saturated heterocycles. The number of ether oxygens (including phenoxy) is 1. The SMILES string of the molecule is CC(C)(C)OC(=O)N1CCCCC1c1ccccc1C(F)(F)F. The fourth-order valence-electron chi connectivity index (χ4n) is 2.84. The van der Waals surface area contributed by atoms with Crippen molar-refractivity contribution in [3.63, 3.8) is 0 Å². The van der Waals surface area contributed by atoms with E-state index in [2.05, 4.69) is 0 Å². The van der Waals surface area contributed by atoms with Gasteiger partial charge in [0.05, 0.1) is 11.6 Å². The van der Waals surface area contributed by atoms with Crippen LogP contribution < -0.4 is 0 Å². The number of carbonyl (C=O) groups is 1. The molecule has 0 aromatic heterocycles. The standard InChI is InChI=1S/C17H22F3NO2/c1-16(2,3)23-15(22)21-11-7-6-10-14(21)12-8-4-5-9-13(12)17(18,19)20/h4-5,8-9,14H,6-7,10-11H2,1-3H3. The van der Waals surface area contributed by atoms with E-state index in [1.54, 1.807) is 26.8 Å². The molecule has 1 aliphatic rings. The smallest absolute Gasteiger partial charge is 0.416 e. The Morgan fingerprint density at radius 3 is 2.43 bits per heavy atom. The van der Waals surface area contributed by atoms with Crippen molar-refractivity contribution < 1.29 is 22.7 Å². The van der Waals surface area contributed by atoms with Gasteiger partial charge in [0.2, 0.25) is 0 Å². The molecule has 1 fully saturated rings. The summed E-state index contributed by atoms with van der Waals surface area (Å²) in [4.78, 5) is 13.8. The second kappa shape index (κ2) is 6.42. The third kappa shape index (κ3) is 4.39. The highest BCUT2D eigenvalue weighted by atomic mass is 19.4. The molecule has 1 unspecified atom stereocenters. The maximum atomic E-state index is 13.3. The zero-order valence-corrected chi connectivity index (χ0v) is 13.6. The van der Waals surface area contributed by atoms with E-state index in [9.17, 15) is 18.0 Å². The molecule has 0 aliphatic carbocycles. The van der Waals surface area contributed by atoms with Gasteiger partial charge in [-0.2, -0.15) is 13.2 Å². The number of hydrogen-bond donors (Lipinski definition) is 0. The third-order valence-electron chi connectivity index (χ3n) is 3.76. The normalized spacial score (nSPS) is 19.6. The molecule has 1 amide bonds. The highest BCUT2D eigenvalue weighted by Gasteiger charge is 2.39. The summed E-state index contributed by atoms with van der Waals surface area (Å²) in [6, 6.07) is 4.86. The lowest BCUT2D eigenvalue weighted by molar-refractivity contribution is -0.139. The third-order valence-corrected chi connectivity index (χ3v) is 3.76. The Balaban J connectivity index is 2.34. The van der Waals surface area contributed by atoms with Crippen LogP contribution in [-0.2, 0) is 10.9 Å². The quantitative estimate of drug-likeness (QED) is 0.711. The van der Waals surface area contributed by atoms with Crippen molar-refractivity contribution in [3.05, 3.63) is 35.4 Å². The molecule has 0 saturated carbocycles. The Morgan fingerprint density at radius 1 is 1.17 bits per heavy atom. The Hall–Kier alpha value is -1.72.